The topological polar surface area (TPSA) is 64.4 Å². The number of aryl methyl sites for hydroxylation is 1. The SMILES string of the molecule is Cc1cc(C#N)ccc1S(=O)(=O)N1CC(C)C(N(C)C)C1. The average molecular weight is 307 g/mol. The van der Waals surface area contributed by atoms with Gasteiger partial charge in [-0.2, -0.15) is 9.57 Å². The molecule has 114 valence electrons. The summed E-state index contributed by atoms with van der Waals surface area (Å²) in [7, 11) is 0.456. The van der Waals surface area contributed by atoms with Gasteiger partial charge >= 0.3 is 0 Å². The minimum absolute atomic E-state index is 0.235. The highest BCUT2D eigenvalue weighted by molar-refractivity contribution is 7.89. The summed E-state index contributed by atoms with van der Waals surface area (Å²) in [5.41, 5.74) is 1.10. The van der Waals surface area contributed by atoms with Gasteiger partial charge in [-0.25, -0.2) is 8.42 Å². The summed E-state index contributed by atoms with van der Waals surface area (Å²) in [5.74, 6) is 0.300. The first kappa shape index (κ1) is 16.0. The number of nitrogens with zero attached hydrogens (tertiary/aromatic N) is 3. The summed E-state index contributed by atoms with van der Waals surface area (Å²) in [6, 6.07) is 6.98. The number of nitriles is 1. The Morgan fingerprint density at radius 3 is 2.48 bits per heavy atom. The number of rotatable bonds is 3. The highest BCUT2D eigenvalue weighted by atomic mass is 32.2. The van der Waals surface area contributed by atoms with Gasteiger partial charge in [0, 0.05) is 19.1 Å². The molecule has 2 atom stereocenters. The molecule has 0 saturated carbocycles. The predicted molar refractivity (Wildman–Crippen MR) is 81.3 cm³/mol. The van der Waals surface area contributed by atoms with Crippen LogP contribution in [-0.4, -0.2) is 50.8 Å². The van der Waals surface area contributed by atoms with Crippen LogP contribution in [0.2, 0.25) is 0 Å². The summed E-state index contributed by atoms with van der Waals surface area (Å²) >= 11 is 0. The molecule has 2 rings (SSSR count). The molecule has 0 aliphatic carbocycles. The monoisotopic (exact) mass is 307 g/mol. The molecule has 1 aromatic rings. The zero-order valence-electron chi connectivity index (χ0n) is 12.9. The van der Waals surface area contributed by atoms with Gasteiger partial charge in [0.1, 0.15) is 0 Å². The van der Waals surface area contributed by atoms with Crippen LogP contribution >= 0.6 is 0 Å². The van der Waals surface area contributed by atoms with Gasteiger partial charge < -0.3 is 4.90 Å². The number of hydrogen-bond acceptors (Lipinski definition) is 4. The van der Waals surface area contributed by atoms with Crippen LogP contribution in [0.25, 0.3) is 0 Å². The maximum Gasteiger partial charge on any atom is 0.243 e. The third-order valence-electron chi connectivity index (χ3n) is 4.12. The molecule has 1 aromatic carbocycles. The summed E-state index contributed by atoms with van der Waals surface area (Å²) in [6.45, 7) is 4.85. The zero-order valence-corrected chi connectivity index (χ0v) is 13.7. The van der Waals surface area contributed by atoms with Gasteiger partial charge in [0.15, 0.2) is 0 Å². The summed E-state index contributed by atoms with van der Waals surface area (Å²) in [4.78, 5) is 2.37. The lowest BCUT2D eigenvalue weighted by atomic mass is 10.1. The molecule has 1 aliphatic heterocycles. The van der Waals surface area contributed by atoms with Crippen molar-refractivity contribution in [3.05, 3.63) is 29.3 Å². The molecule has 1 saturated heterocycles. The van der Waals surface area contributed by atoms with E-state index in [2.05, 4.69) is 11.8 Å². The molecular weight excluding hydrogens is 286 g/mol. The molecular formula is C15H21N3O2S. The van der Waals surface area contributed by atoms with Crippen molar-refractivity contribution in [2.24, 2.45) is 5.92 Å². The van der Waals surface area contributed by atoms with Gasteiger partial charge in [0.2, 0.25) is 10.0 Å². The van der Waals surface area contributed by atoms with Crippen LogP contribution in [0.15, 0.2) is 23.1 Å². The van der Waals surface area contributed by atoms with E-state index in [1.54, 1.807) is 23.4 Å². The molecule has 0 radical (unpaired) electrons. The van der Waals surface area contributed by atoms with E-state index in [-0.39, 0.29) is 6.04 Å². The van der Waals surface area contributed by atoms with Crippen LogP contribution < -0.4 is 0 Å². The van der Waals surface area contributed by atoms with Gasteiger partial charge in [-0.15, -0.1) is 0 Å². The summed E-state index contributed by atoms with van der Waals surface area (Å²) < 4.78 is 27.1. The van der Waals surface area contributed by atoms with E-state index < -0.39 is 10.0 Å². The molecule has 5 nitrogen and oxygen atoms in total. The Kier molecular flexibility index (Phi) is 4.38. The van der Waals surface area contributed by atoms with E-state index >= 15 is 0 Å². The maximum absolute atomic E-state index is 12.8. The fraction of sp³-hybridized carbons (Fsp3) is 0.533. The van der Waals surface area contributed by atoms with E-state index in [0.29, 0.717) is 35.0 Å². The minimum atomic E-state index is -3.50. The maximum atomic E-state index is 12.8. The molecule has 6 heteroatoms. The Balaban J connectivity index is 2.34. The van der Waals surface area contributed by atoms with Gasteiger partial charge in [-0.05, 0) is 50.7 Å². The highest BCUT2D eigenvalue weighted by Crippen LogP contribution is 2.28. The third kappa shape index (κ3) is 2.95. The van der Waals surface area contributed by atoms with Crippen molar-refractivity contribution < 1.29 is 8.42 Å². The van der Waals surface area contributed by atoms with Crippen molar-refractivity contribution >= 4 is 10.0 Å². The van der Waals surface area contributed by atoms with Crippen molar-refractivity contribution in [1.82, 2.24) is 9.21 Å². The van der Waals surface area contributed by atoms with E-state index in [1.165, 1.54) is 6.07 Å². The molecule has 0 bridgehead atoms. The molecule has 21 heavy (non-hydrogen) atoms. The van der Waals surface area contributed by atoms with Crippen LogP contribution in [-0.2, 0) is 10.0 Å². The number of benzene rings is 1. The molecule has 0 N–H and O–H groups in total. The van der Waals surface area contributed by atoms with Crippen molar-refractivity contribution in [2.75, 3.05) is 27.2 Å². The van der Waals surface area contributed by atoms with E-state index in [0.717, 1.165) is 0 Å². The predicted octanol–water partition coefficient (Wildman–Crippen LogP) is 1.44. The van der Waals surface area contributed by atoms with Gasteiger partial charge in [0.05, 0.1) is 16.5 Å². The third-order valence-corrected chi connectivity index (χ3v) is 6.12. The summed E-state index contributed by atoms with van der Waals surface area (Å²) in [5, 5.41) is 8.88. The van der Waals surface area contributed by atoms with Gasteiger partial charge in [-0.3, -0.25) is 0 Å². The fourth-order valence-electron chi connectivity index (χ4n) is 2.92. The first-order chi connectivity index (χ1) is 9.77. The smallest absolute Gasteiger partial charge is 0.243 e. The highest BCUT2D eigenvalue weighted by Gasteiger charge is 2.38. The average Bonchev–Trinajstić information content (AvgIpc) is 2.81. The second-order valence-corrected chi connectivity index (χ2v) is 7.83. The number of hydrogen-bond donors (Lipinski definition) is 0. The van der Waals surface area contributed by atoms with E-state index in [1.807, 2.05) is 20.2 Å². The zero-order chi connectivity index (χ0) is 15.8. The van der Waals surface area contributed by atoms with Crippen LogP contribution in [0, 0.1) is 24.2 Å². The summed E-state index contributed by atoms with van der Waals surface area (Å²) in [6.07, 6.45) is 0. The first-order valence-electron chi connectivity index (χ1n) is 6.94. The molecule has 2 unspecified atom stereocenters. The molecule has 0 spiro atoms. The molecule has 1 aliphatic rings. The number of likely N-dealkylation sites (N-methyl/N-ethyl adjacent to an activating group) is 1. The largest absolute Gasteiger partial charge is 0.305 e. The van der Waals surface area contributed by atoms with Crippen LogP contribution in [0.5, 0.6) is 0 Å². The van der Waals surface area contributed by atoms with Crippen molar-refractivity contribution in [2.45, 2.75) is 24.8 Å². The van der Waals surface area contributed by atoms with Crippen molar-refractivity contribution in [3.63, 3.8) is 0 Å². The van der Waals surface area contributed by atoms with Gasteiger partial charge in [0.25, 0.3) is 0 Å². The molecule has 0 aromatic heterocycles. The lowest BCUT2D eigenvalue weighted by molar-refractivity contribution is 0.263. The van der Waals surface area contributed by atoms with E-state index in [4.69, 9.17) is 5.26 Å². The van der Waals surface area contributed by atoms with Crippen LogP contribution in [0.4, 0.5) is 0 Å². The van der Waals surface area contributed by atoms with Crippen LogP contribution in [0.1, 0.15) is 18.1 Å². The van der Waals surface area contributed by atoms with E-state index in [9.17, 15) is 8.42 Å². The Bertz CT molecular complexity index is 677. The molecule has 1 fully saturated rings. The fourth-order valence-corrected chi connectivity index (χ4v) is 4.69. The Morgan fingerprint density at radius 1 is 1.33 bits per heavy atom. The second kappa shape index (κ2) is 5.76. The lowest BCUT2D eigenvalue weighted by Gasteiger charge is -2.22. The standard InChI is InChI=1S/C15H21N3O2S/c1-11-7-13(8-16)5-6-15(11)21(19,20)18-9-12(2)14(10-18)17(3)4/h5-7,12,14H,9-10H2,1-4H3. The molecule has 0 amide bonds. The number of sulfonamides is 1. The van der Waals surface area contributed by atoms with Crippen molar-refractivity contribution in [1.29, 1.82) is 5.26 Å². The van der Waals surface area contributed by atoms with Crippen LogP contribution in [0.3, 0.4) is 0 Å². The minimum Gasteiger partial charge on any atom is -0.305 e. The Hall–Kier alpha value is -1.42. The first-order valence-corrected chi connectivity index (χ1v) is 8.38. The normalized spacial score (nSPS) is 23.4. The Morgan fingerprint density at radius 2 is 2.00 bits per heavy atom. The Labute approximate surface area is 126 Å². The lowest BCUT2D eigenvalue weighted by Crippen LogP contribution is -2.35. The second-order valence-electron chi connectivity index (χ2n) is 5.92. The molecule has 1 heterocycles. The van der Waals surface area contributed by atoms with Gasteiger partial charge in [-0.1, -0.05) is 6.92 Å². The van der Waals surface area contributed by atoms with Crippen molar-refractivity contribution in [3.8, 4) is 6.07 Å². The quantitative estimate of drug-likeness (QED) is 0.847.